The van der Waals surface area contributed by atoms with Crippen LogP contribution in [-0.4, -0.2) is 16.5 Å². The molecule has 0 aliphatic heterocycles. The summed E-state index contributed by atoms with van der Waals surface area (Å²) in [7, 11) is 0. The first-order valence-corrected chi connectivity index (χ1v) is 6.86. The minimum atomic E-state index is 0.591. The number of nitrogens with zero attached hydrogens (tertiary/aromatic N) is 2. The Bertz CT molecular complexity index is 521. The molecule has 0 bridgehead atoms. The van der Waals surface area contributed by atoms with E-state index in [9.17, 15) is 0 Å². The van der Waals surface area contributed by atoms with Gasteiger partial charge in [-0.3, -0.25) is 0 Å². The minimum Gasteiger partial charge on any atom is -0.370 e. The van der Waals surface area contributed by atoms with Crippen molar-refractivity contribution in [2.75, 3.05) is 11.9 Å². The van der Waals surface area contributed by atoms with Gasteiger partial charge in [0.25, 0.3) is 0 Å². The highest BCUT2D eigenvalue weighted by Crippen LogP contribution is 2.19. The first-order chi connectivity index (χ1) is 9.19. The van der Waals surface area contributed by atoms with Crippen LogP contribution in [0.4, 0.5) is 5.82 Å². The molecule has 0 spiro atoms. The fourth-order valence-electron chi connectivity index (χ4n) is 2.01. The molecule has 0 radical (unpaired) electrons. The maximum absolute atomic E-state index is 4.67. The second kappa shape index (κ2) is 6.32. The standard InChI is InChI=1S/C16H21N3/c1-4-17-15-11-14(10-12(2)3)18-16(19-15)13-8-6-5-7-9-13/h5-9,11-12H,4,10H2,1-3H3,(H,17,18,19). The fraction of sp³-hybridized carbons (Fsp3) is 0.375. The van der Waals surface area contributed by atoms with E-state index in [0.717, 1.165) is 35.9 Å². The van der Waals surface area contributed by atoms with Gasteiger partial charge in [-0.05, 0) is 19.3 Å². The van der Waals surface area contributed by atoms with Crippen molar-refractivity contribution in [1.82, 2.24) is 9.97 Å². The summed E-state index contributed by atoms with van der Waals surface area (Å²) in [6, 6.07) is 12.2. The Kier molecular flexibility index (Phi) is 4.50. The Balaban J connectivity index is 2.39. The van der Waals surface area contributed by atoms with Crippen molar-refractivity contribution < 1.29 is 0 Å². The van der Waals surface area contributed by atoms with Crippen LogP contribution in [0.15, 0.2) is 36.4 Å². The van der Waals surface area contributed by atoms with E-state index in [2.05, 4.69) is 42.1 Å². The Morgan fingerprint density at radius 1 is 1.11 bits per heavy atom. The van der Waals surface area contributed by atoms with E-state index in [1.165, 1.54) is 0 Å². The number of anilines is 1. The van der Waals surface area contributed by atoms with E-state index >= 15 is 0 Å². The largest absolute Gasteiger partial charge is 0.370 e. The fourth-order valence-corrected chi connectivity index (χ4v) is 2.01. The molecule has 0 atom stereocenters. The first-order valence-electron chi connectivity index (χ1n) is 6.86. The zero-order chi connectivity index (χ0) is 13.7. The number of hydrogen-bond donors (Lipinski definition) is 1. The molecule has 1 heterocycles. The molecule has 0 aliphatic carbocycles. The second-order valence-electron chi connectivity index (χ2n) is 5.06. The Labute approximate surface area is 115 Å². The third-order valence-electron chi connectivity index (χ3n) is 2.79. The Morgan fingerprint density at radius 2 is 1.84 bits per heavy atom. The number of aromatic nitrogens is 2. The van der Waals surface area contributed by atoms with Crippen molar-refractivity contribution in [1.29, 1.82) is 0 Å². The van der Waals surface area contributed by atoms with E-state index in [1.807, 2.05) is 30.3 Å². The molecule has 3 heteroatoms. The Hall–Kier alpha value is -1.90. The zero-order valence-corrected chi connectivity index (χ0v) is 11.9. The quantitative estimate of drug-likeness (QED) is 0.883. The predicted octanol–water partition coefficient (Wildman–Crippen LogP) is 3.77. The van der Waals surface area contributed by atoms with Crippen LogP contribution in [0.1, 0.15) is 26.5 Å². The van der Waals surface area contributed by atoms with Gasteiger partial charge >= 0.3 is 0 Å². The molecule has 19 heavy (non-hydrogen) atoms. The molecule has 2 rings (SSSR count). The van der Waals surface area contributed by atoms with Crippen molar-refractivity contribution in [2.24, 2.45) is 5.92 Å². The molecule has 1 N–H and O–H groups in total. The van der Waals surface area contributed by atoms with Crippen LogP contribution < -0.4 is 5.32 Å². The van der Waals surface area contributed by atoms with Crippen LogP contribution in [0.3, 0.4) is 0 Å². The average molecular weight is 255 g/mol. The monoisotopic (exact) mass is 255 g/mol. The molecule has 1 aromatic carbocycles. The van der Waals surface area contributed by atoms with E-state index in [0.29, 0.717) is 5.92 Å². The smallest absolute Gasteiger partial charge is 0.161 e. The topological polar surface area (TPSA) is 37.8 Å². The van der Waals surface area contributed by atoms with Gasteiger partial charge in [0.2, 0.25) is 0 Å². The Morgan fingerprint density at radius 3 is 2.47 bits per heavy atom. The van der Waals surface area contributed by atoms with Crippen molar-refractivity contribution >= 4 is 5.82 Å². The summed E-state index contributed by atoms with van der Waals surface area (Å²) in [5.41, 5.74) is 2.16. The number of benzene rings is 1. The molecule has 0 unspecified atom stereocenters. The summed E-state index contributed by atoms with van der Waals surface area (Å²) in [5.74, 6) is 2.30. The highest BCUT2D eigenvalue weighted by Gasteiger charge is 2.07. The minimum absolute atomic E-state index is 0.591. The molecule has 1 aromatic heterocycles. The number of hydrogen-bond acceptors (Lipinski definition) is 3. The average Bonchev–Trinajstić information content (AvgIpc) is 2.39. The molecular weight excluding hydrogens is 234 g/mol. The molecule has 0 saturated carbocycles. The third kappa shape index (κ3) is 3.78. The van der Waals surface area contributed by atoms with E-state index < -0.39 is 0 Å². The molecule has 2 aromatic rings. The van der Waals surface area contributed by atoms with Gasteiger partial charge in [0.05, 0.1) is 0 Å². The lowest BCUT2D eigenvalue weighted by Gasteiger charge is -2.10. The summed E-state index contributed by atoms with van der Waals surface area (Å²) in [5, 5.41) is 3.28. The summed E-state index contributed by atoms with van der Waals surface area (Å²) in [6.07, 6.45) is 0.973. The molecule has 100 valence electrons. The molecule has 3 nitrogen and oxygen atoms in total. The van der Waals surface area contributed by atoms with Crippen molar-refractivity contribution in [3.63, 3.8) is 0 Å². The van der Waals surface area contributed by atoms with Crippen LogP contribution >= 0.6 is 0 Å². The van der Waals surface area contributed by atoms with Crippen LogP contribution in [0, 0.1) is 5.92 Å². The maximum Gasteiger partial charge on any atom is 0.161 e. The van der Waals surface area contributed by atoms with Crippen LogP contribution in [0.5, 0.6) is 0 Å². The van der Waals surface area contributed by atoms with Crippen molar-refractivity contribution in [3.05, 3.63) is 42.1 Å². The SMILES string of the molecule is CCNc1cc(CC(C)C)nc(-c2ccccc2)n1. The van der Waals surface area contributed by atoms with Gasteiger partial charge in [-0.15, -0.1) is 0 Å². The molecule has 0 saturated heterocycles. The van der Waals surface area contributed by atoms with Crippen molar-refractivity contribution in [2.45, 2.75) is 27.2 Å². The van der Waals surface area contributed by atoms with E-state index in [-0.39, 0.29) is 0 Å². The summed E-state index contributed by atoms with van der Waals surface area (Å²) < 4.78 is 0. The lowest BCUT2D eigenvalue weighted by atomic mass is 10.1. The predicted molar refractivity (Wildman–Crippen MR) is 80.2 cm³/mol. The lowest BCUT2D eigenvalue weighted by Crippen LogP contribution is -2.05. The van der Waals surface area contributed by atoms with Gasteiger partial charge in [0.1, 0.15) is 5.82 Å². The lowest BCUT2D eigenvalue weighted by molar-refractivity contribution is 0.635. The summed E-state index contributed by atoms with van der Waals surface area (Å²) in [4.78, 5) is 9.25. The van der Waals surface area contributed by atoms with Crippen molar-refractivity contribution in [3.8, 4) is 11.4 Å². The highest BCUT2D eigenvalue weighted by molar-refractivity contribution is 5.57. The van der Waals surface area contributed by atoms with E-state index in [1.54, 1.807) is 0 Å². The van der Waals surface area contributed by atoms with Gasteiger partial charge < -0.3 is 5.32 Å². The van der Waals surface area contributed by atoms with Crippen LogP contribution in [0.25, 0.3) is 11.4 Å². The molecular formula is C16H21N3. The van der Waals surface area contributed by atoms with Crippen LogP contribution in [0.2, 0.25) is 0 Å². The van der Waals surface area contributed by atoms with Gasteiger partial charge in [-0.1, -0.05) is 44.2 Å². The number of nitrogens with one attached hydrogen (secondary N) is 1. The van der Waals surface area contributed by atoms with E-state index in [4.69, 9.17) is 0 Å². The molecule has 0 amide bonds. The second-order valence-corrected chi connectivity index (χ2v) is 5.06. The summed E-state index contributed by atoms with van der Waals surface area (Å²) >= 11 is 0. The highest BCUT2D eigenvalue weighted by atomic mass is 15.0. The summed E-state index contributed by atoms with van der Waals surface area (Å²) in [6.45, 7) is 7.35. The third-order valence-corrected chi connectivity index (χ3v) is 2.79. The molecule has 0 fully saturated rings. The van der Waals surface area contributed by atoms with Gasteiger partial charge in [-0.25, -0.2) is 9.97 Å². The normalized spacial score (nSPS) is 10.7. The van der Waals surface area contributed by atoms with Gasteiger partial charge in [0, 0.05) is 23.9 Å². The maximum atomic E-state index is 4.67. The molecule has 0 aliphatic rings. The zero-order valence-electron chi connectivity index (χ0n) is 11.9. The first kappa shape index (κ1) is 13.5. The van der Waals surface area contributed by atoms with Crippen LogP contribution in [-0.2, 0) is 6.42 Å². The number of rotatable bonds is 5. The van der Waals surface area contributed by atoms with Gasteiger partial charge in [0.15, 0.2) is 5.82 Å². The van der Waals surface area contributed by atoms with Gasteiger partial charge in [-0.2, -0.15) is 0 Å².